The maximum Gasteiger partial charge on any atom is 0.278 e. The van der Waals surface area contributed by atoms with Crippen LogP contribution in [0.4, 0.5) is 0 Å². The maximum atomic E-state index is 12.6. The number of nitrogens with one attached hydrogen (secondary N) is 2. The molecule has 0 fully saturated rings. The van der Waals surface area contributed by atoms with Crippen LogP contribution >= 0.6 is 27.7 Å². The summed E-state index contributed by atoms with van der Waals surface area (Å²) in [6.45, 7) is 4.74. The van der Waals surface area contributed by atoms with Gasteiger partial charge in [0.15, 0.2) is 5.16 Å². The second-order valence-corrected chi connectivity index (χ2v) is 7.71. The highest BCUT2D eigenvalue weighted by atomic mass is 79.9. The van der Waals surface area contributed by atoms with Crippen LogP contribution in [-0.4, -0.2) is 26.2 Å². The molecule has 1 amide bonds. The summed E-state index contributed by atoms with van der Waals surface area (Å²) in [4.78, 5) is 32.3. The van der Waals surface area contributed by atoms with Crippen molar-refractivity contribution >= 4 is 44.6 Å². The minimum absolute atomic E-state index is 0.0998. The minimum Gasteiger partial charge on any atom is -0.353 e. The van der Waals surface area contributed by atoms with E-state index in [1.807, 2.05) is 44.2 Å². The Balaban J connectivity index is 1.68. The first-order valence-corrected chi connectivity index (χ1v) is 10.00. The molecule has 0 saturated carbocycles. The van der Waals surface area contributed by atoms with E-state index in [-0.39, 0.29) is 17.2 Å². The number of rotatable bonds is 6. The SMILES string of the molecule is CCn1c(SCC(=O)NCc2cccc(Br)c2)nc2cc(C)[nH]c2c1=O. The van der Waals surface area contributed by atoms with E-state index in [4.69, 9.17) is 0 Å². The molecule has 2 heterocycles. The third-order valence-corrected chi connectivity index (χ3v) is 5.33. The lowest BCUT2D eigenvalue weighted by molar-refractivity contribution is -0.118. The zero-order valence-electron chi connectivity index (χ0n) is 14.5. The number of H-pyrrole nitrogens is 1. The fourth-order valence-corrected chi connectivity index (χ4v) is 3.97. The molecule has 0 aliphatic heterocycles. The van der Waals surface area contributed by atoms with Gasteiger partial charge in [0.2, 0.25) is 5.91 Å². The van der Waals surface area contributed by atoms with Gasteiger partial charge in [0, 0.05) is 23.3 Å². The highest BCUT2D eigenvalue weighted by Crippen LogP contribution is 2.18. The van der Waals surface area contributed by atoms with Gasteiger partial charge in [-0.2, -0.15) is 0 Å². The van der Waals surface area contributed by atoms with Gasteiger partial charge in [-0.3, -0.25) is 14.2 Å². The van der Waals surface area contributed by atoms with Crippen LogP contribution < -0.4 is 10.9 Å². The molecule has 0 aliphatic carbocycles. The monoisotopic (exact) mass is 434 g/mol. The molecular formula is C18H19BrN4O2S. The summed E-state index contributed by atoms with van der Waals surface area (Å²) in [6, 6.07) is 9.63. The number of hydrogen-bond acceptors (Lipinski definition) is 4. The molecule has 0 aliphatic rings. The average Bonchev–Trinajstić information content (AvgIpc) is 2.99. The fourth-order valence-electron chi connectivity index (χ4n) is 2.63. The molecule has 1 aromatic carbocycles. The summed E-state index contributed by atoms with van der Waals surface area (Å²) in [5.74, 6) is 0.104. The summed E-state index contributed by atoms with van der Waals surface area (Å²) >= 11 is 4.69. The molecular weight excluding hydrogens is 416 g/mol. The van der Waals surface area contributed by atoms with Crippen molar-refractivity contribution in [1.29, 1.82) is 0 Å². The van der Waals surface area contributed by atoms with Gasteiger partial charge in [-0.25, -0.2) is 4.98 Å². The fraction of sp³-hybridized carbons (Fsp3) is 0.278. The van der Waals surface area contributed by atoms with Crippen molar-refractivity contribution in [3.8, 4) is 0 Å². The van der Waals surface area contributed by atoms with Gasteiger partial charge in [-0.15, -0.1) is 0 Å². The Morgan fingerprint density at radius 3 is 2.92 bits per heavy atom. The summed E-state index contributed by atoms with van der Waals surface area (Å²) in [5.41, 5.74) is 2.94. The lowest BCUT2D eigenvalue weighted by Gasteiger charge is -2.10. The third-order valence-electron chi connectivity index (χ3n) is 3.86. The third kappa shape index (κ3) is 4.19. The van der Waals surface area contributed by atoms with Crippen LogP contribution in [0.15, 0.2) is 44.8 Å². The number of halogens is 1. The van der Waals surface area contributed by atoms with E-state index in [0.29, 0.717) is 29.3 Å². The highest BCUT2D eigenvalue weighted by molar-refractivity contribution is 9.10. The van der Waals surface area contributed by atoms with Crippen LogP contribution in [0, 0.1) is 6.92 Å². The van der Waals surface area contributed by atoms with Crippen LogP contribution in [0.2, 0.25) is 0 Å². The van der Waals surface area contributed by atoms with E-state index in [9.17, 15) is 9.59 Å². The van der Waals surface area contributed by atoms with E-state index in [1.165, 1.54) is 11.8 Å². The van der Waals surface area contributed by atoms with Crippen molar-refractivity contribution in [3.63, 3.8) is 0 Å². The lowest BCUT2D eigenvalue weighted by atomic mass is 10.2. The smallest absolute Gasteiger partial charge is 0.278 e. The number of thioether (sulfide) groups is 1. The number of carbonyl (C=O) groups excluding carboxylic acids is 1. The standard InChI is InChI=1S/C18H19BrN4O2S/c1-3-23-17(25)16-14(7-11(2)21-16)22-18(23)26-10-15(24)20-9-12-5-4-6-13(19)8-12/h4-8,21H,3,9-10H2,1-2H3,(H,20,24). The Morgan fingerprint density at radius 2 is 2.19 bits per heavy atom. The van der Waals surface area contributed by atoms with Gasteiger partial charge in [0.1, 0.15) is 5.52 Å². The second-order valence-electron chi connectivity index (χ2n) is 5.85. The minimum atomic E-state index is -0.109. The van der Waals surface area contributed by atoms with Crippen molar-refractivity contribution in [2.75, 3.05) is 5.75 Å². The van der Waals surface area contributed by atoms with Gasteiger partial charge in [-0.1, -0.05) is 39.8 Å². The predicted molar refractivity (Wildman–Crippen MR) is 107 cm³/mol. The summed E-state index contributed by atoms with van der Waals surface area (Å²) in [7, 11) is 0. The topological polar surface area (TPSA) is 79.8 Å². The van der Waals surface area contributed by atoms with E-state index in [0.717, 1.165) is 15.7 Å². The summed E-state index contributed by atoms with van der Waals surface area (Å²) < 4.78 is 2.56. The van der Waals surface area contributed by atoms with Crippen LogP contribution in [0.5, 0.6) is 0 Å². The number of aryl methyl sites for hydroxylation is 1. The Kier molecular flexibility index (Phi) is 5.83. The first-order valence-electron chi connectivity index (χ1n) is 8.22. The first-order chi connectivity index (χ1) is 12.5. The molecule has 0 radical (unpaired) electrons. The molecule has 3 aromatic rings. The van der Waals surface area contributed by atoms with Crippen LogP contribution in [0.1, 0.15) is 18.2 Å². The van der Waals surface area contributed by atoms with Gasteiger partial charge in [0.25, 0.3) is 5.56 Å². The molecule has 136 valence electrons. The second kappa shape index (κ2) is 8.09. The molecule has 6 nitrogen and oxygen atoms in total. The average molecular weight is 435 g/mol. The van der Waals surface area contributed by atoms with Gasteiger partial charge in [0.05, 0.1) is 11.3 Å². The molecule has 0 spiro atoms. The zero-order valence-corrected chi connectivity index (χ0v) is 16.9. The largest absolute Gasteiger partial charge is 0.353 e. The highest BCUT2D eigenvalue weighted by Gasteiger charge is 2.13. The Bertz CT molecular complexity index is 1010. The zero-order chi connectivity index (χ0) is 18.7. The van der Waals surface area contributed by atoms with Crippen LogP contribution in [0.3, 0.4) is 0 Å². The number of fused-ring (bicyclic) bond motifs is 1. The van der Waals surface area contributed by atoms with Gasteiger partial charge in [-0.05, 0) is 37.6 Å². The molecule has 0 saturated heterocycles. The van der Waals surface area contributed by atoms with Gasteiger partial charge < -0.3 is 10.3 Å². The molecule has 2 N–H and O–H groups in total. The molecule has 8 heteroatoms. The Hall–Kier alpha value is -2.06. The number of benzene rings is 1. The predicted octanol–water partition coefficient (Wildman–Crippen LogP) is 3.22. The maximum absolute atomic E-state index is 12.6. The molecule has 0 unspecified atom stereocenters. The van der Waals surface area contributed by atoms with Crippen molar-refractivity contribution in [2.45, 2.75) is 32.1 Å². The van der Waals surface area contributed by atoms with Crippen LogP contribution in [-0.2, 0) is 17.9 Å². The molecule has 26 heavy (non-hydrogen) atoms. The van der Waals surface area contributed by atoms with E-state index in [1.54, 1.807) is 4.57 Å². The number of carbonyl (C=O) groups is 1. The Labute approximate surface area is 163 Å². The summed E-state index contributed by atoms with van der Waals surface area (Å²) in [6.07, 6.45) is 0. The number of aromatic amines is 1. The van der Waals surface area contributed by atoms with Crippen molar-refractivity contribution in [1.82, 2.24) is 19.9 Å². The molecule has 0 bridgehead atoms. The quantitative estimate of drug-likeness (QED) is 0.460. The molecule has 2 aromatic heterocycles. The number of aromatic nitrogens is 3. The van der Waals surface area contributed by atoms with Gasteiger partial charge >= 0.3 is 0 Å². The molecule has 0 atom stereocenters. The number of amides is 1. The lowest BCUT2D eigenvalue weighted by Crippen LogP contribution is -2.26. The number of nitrogens with zero attached hydrogens (tertiary/aromatic N) is 2. The summed E-state index contributed by atoms with van der Waals surface area (Å²) in [5, 5.41) is 3.44. The Morgan fingerprint density at radius 1 is 1.38 bits per heavy atom. The first kappa shape index (κ1) is 18.7. The number of hydrogen-bond donors (Lipinski definition) is 2. The molecule has 3 rings (SSSR count). The van der Waals surface area contributed by atoms with Crippen molar-refractivity contribution in [3.05, 3.63) is 56.4 Å². The van der Waals surface area contributed by atoms with Crippen molar-refractivity contribution < 1.29 is 4.79 Å². The van der Waals surface area contributed by atoms with Crippen LogP contribution in [0.25, 0.3) is 11.0 Å². The normalized spacial score (nSPS) is 11.0. The van der Waals surface area contributed by atoms with Crippen molar-refractivity contribution in [2.24, 2.45) is 0 Å². The van der Waals surface area contributed by atoms with E-state index < -0.39 is 0 Å². The van der Waals surface area contributed by atoms with E-state index in [2.05, 4.69) is 31.2 Å². The van der Waals surface area contributed by atoms with E-state index >= 15 is 0 Å².